The van der Waals surface area contributed by atoms with E-state index < -0.39 is 0 Å². The minimum Gasteiger partial charge on any atom is -0.505 e. The number of hydrogen-bond acceptors (Lipinski definition) is 2. The lowest BCUT2D eigenvalue weighted by Gasteiger charge is -2.13. The fourth-order valence-electron chi connectivity index (χ4n) is 1.47. The van der Waals surface area contributed by atoms with Crippen molar-refractivity contribution >= 4 is 5.69 Å². The van der Waals surface area contributed by atoms with Crippen molar-refractivity contribution in [3.63, 3.8) is 0 Å². The Morgan fingerprint density at radius 2 is 1.85 bits per heavy atom. The normalized spacial score (nSPS) is 10.2. The van der Waals surface area contributed by atoms with E-state index in [-0.39, 0.29) is 0 Å². The SMILES string of the molecule is CCNc1c(C)cc(C)c(C)c1O. The van der Waals surface area contributed by atoms with Crippen LogP contribution in [0.1, 0.15) is 23.6 Å². The molecule has 0 aliphatic heterocycles. The summed E-state index contributed by atoms with van der Waals surface area (Å²) in [5.41, 5.74) is 4.06. The van der Waals surface area contributed by atoms with Gasteiger partial charge in [-0.05, 0) is 44.4 Å². The molecule has 0 spiro atoms. The Morgan fingerprint density at radius 1 is 1.23 bits per heavy atom. The average Bonchev–Trinajstić information content (AvgIpc) is 2.09. The minimum atomic E-state index is 0.388. The average molecular weight is 179 g/mol. The molecule has 0 aromatic heterocycles. The number of phenols is 1. The lowest BCUT2D eigenvalue weighted by atomic mass is 10.0. The van der Waals surface area contributed by atoms with Crippen LogP contribution in [0.4, 0.5) is 5.69 Å². The Labute approximate surface area is 79.6 Å². The molecule has 0 saturated carbocycles. The molecule has 0 amide bonds. The van der Waals surface area contributed by atoms with Crippen LogP contribution >= 0.6 is 0 Å². The van der Waals surface area contributed by atoms with E-state index in [1.165, 1.54) is 0 Å². The maximum absolute atomic E-state index is 9.83. The Bertz CT molecular complexity index is 318. The van der Waals surface area contributed by atoms with E-state index in [2.05, 4.69) is 11.4 Å². The van der Waals surface area contributed by atoms with Gasteiger partial charge in [-0.1, -0.05) is 6.07 Å². The lowest BCUT2D eigenvalue weighted by molar-refractivity contribution is 0.472. The minimum absolute atomic E-state index is 0.388. The first kappa shape index (κ1) is 9.90. The van der Waals surface area contributed by atoms with Crippen LogP contribution in [0, 0.1) is 20.8 Å². The summed E-state index contributed by atoms with van der Waals surface area (Å²) in [4.78, 5) is 0. The van der Waals surface area contributed by atoms with E-state index in [1.54, 1.807) is 0 Å². The third-order valence-electron chi connectivity index (χ3n) is 2.36. The van der Waals surface area contributed by atoms with Crippen LogP contribution in [-0.2, 0) is 0 Å². The van der Waals surface area contributed by atoms with Crippen LogP contribution in [-0.4, -0.2) is 11.7 Å². The Balaban J connectivity index is 3.26. The predicted octanol–water partition coefficient (Wildman–Crippen LogP) is 2.75. The summed E-state index contributed by atoms with van der Waals surface area (Å²) in [6.45, 7) is 8.80. The number of aromatic hydroxyl groups is 1. The van der Waals surface area contributed by atoms with Crippen molar-refractivity contribution in [2.45, 2.75) is 27.7 Å². The fourth-order valence-corrected chi connectivity index (χ4v) is 1.47. The second-order valence-electron chi connectivity index (χ2n) is 3.39. The van der Waals surface area contributed by atoms with Gasteiger partial charge >= 0.3 is 0 Å². The van der Waals surface area contributed by atoms with E-state index in [4.69, 9.17) is 0 Å². The van der Waals surface area contributed by atoms with Gasteiger partial charge in [-0.25, -0.2) is 0 Å². The zero-order valence-electron chi connectivity index (χ0n) is 8.73. The highest BCUT2D eigenvalue weighted by molar-refractivity contribution is 5.65. The maximum atomic E-state index is 9.83. The molecule has 0 heterocycles. The van der Waals surface area contributed by atoms with Gasteiger partial charge in [0.1, 0.15) is 5.75 Å². The van der Waals surface area contributed by atoms with Crippen LogP contribution < -0.4 is 5.32 Å². The zero-order chi connectivity index (χ0) is 10.0. The van der Waals surface area contributed by atoms with Crippen molar-refractivity contribution in [3.05, 3.63) is 22.8 Å². The highest BCUT2D eigenvalue weighted by Crippen LogP contribution is 2.32. The van der Waals surface area contributed by atoms with Crippen molar-refractivity contribution in [3.8, 4) is 5.75 Å². The van der Waals surface area contributed by atoms with E-state index in [0.29, 0.717) is 5.75 Å². The van der Waals surface area contributed by atoms with Crippen molar-refractivity contribution in [1.82, 2.24) is 0 Å². The number of aryl methyl sites for hydroxylation is 2. The third kappa shape index (κ3) is 1.77. The molecule has 0 saturated heterocycles. The number of hydrogen-bond donors (Lipinski definition) is 2. The molecule has 72 valence electrons. The third-order valence-corrected chi connectivity index (χ3v) is 2.36. The van der Waals surface area contributed by atoms with Gasteiger partial charge in [0.05, 0.1) is 5.69 Å². The summed E-state index contributed by atoms with van der Waals surface area (Å²) in [5, 5.41) is 13.0. The number of anilines is 1. The summed E-state index contributed by atoms with van der Waals surface area (Å²) in [6.07, 6.45) is 0. The second-order valence-corrected chi connectivity index (χ2v) is 3.39. The molecule has 0 unspecified atom stereocenters. The molecular formula is C11H17NO. The number of benzene rings is 1. The molecule has 2 N–H and O–H groups in total. The topological polar surface area (TPSA) is 32.3 Å². The second kappa shape index (κ2) is 3.69. The molecule has 0 radical (unpaired) electrons. The molecule has 2 nitrogen and oxygen atoms in total. The van der Waals surface area contributed by atoms with E-state index >= 15 is 0 Å². The Kier molecular flexibility index (Phi) is 2.81. The van der Waals surface area contributed by atoms with Crippen LogP contribution in [0.5, 0.6) is 5.75 Å². The first-order chi connectivity index (χ1) is 6.07. The molecule has 0 aliphatic carbocycles. The van der Waals surface area contributed by atoms with Crippen molar-refractivity contribution in [2.24, 2.45) is 0 Å². The summed E-state index contributed by atoms with van der Waals surface area (Å²) in [7, 11) is 0. The van der Waals surface area contributed by atoms with Gasteiger partial charge in [0, 0.05) is 6.54 Å². The van der Waals surface area contributed by atoms with Crippen molar-refractivity contribution in [2.75, 3.05) is 11.9 Å². The van der Waals surface area contributed by atoms with Gasteiger partial charge in [-0.3, -0.25) is 0 Å². The smallest absolute Gasteiger partial charge is 0.142 e. The van der Waals surface area contributed by atoms with Crippen molar-refractivity contribution < 1.29 is 5.11 Å². The first-order valence-electron chi connectivity index (χ1n) is 4.61. The van der Waals surface area contributed by atoms with E-state index in [1.807, 2.05) is 27.7 Å². The highest BCUT2D eigenvalue weighted by Gasteiger charge is 2.08. The quantitative estimate of drug-likeness (QED) is 0.684. The van der Waals surface area contributed by atoms with E-state index in [0.717, 1.165) is 28.9 Å². The fraction of sp³-hybridized carbons (Fsp3) is 0.455. The lowest BCUT2D eigenvalue weighted by Crippen LogP contribution is -2.00. The largest absolute Gasteiger partial charge is 0.505 e. The van der Waals surface area contributed by atoms with Gasteiger partial charge in [-0.2, -0.15) is 0 Å². The zero-order valence-corrected chi connectivity index (χ0v) is 8.73. The number of nitrogens with one attached hydrogen (secondary N) is 1. The van der Waals surface area contributed by atoms with Gasteiger partial charge in [0.25, 0.3) is 0 Å². The van der Waals surface area contributed by atoms with Crippen LogP contribution in [0.25, 0.3) is 0 Å². The molecule has 0 fully saturated rings. The summed E-state index contributed by atoms with van der Waals surface area (Å²) < 4.78 is 0. The molecule has 2 heteroatoms. The van der Waals surface area contributed by atoms with Gasteiger partial charge < -0.3 is 10.4 Å². The van der Waals surface area contributed by atoms with Gasteiger partial charge in [-0.15, -0.1) is 0 Å². The predicted molar refractivity (Wildman–Crippen MR) is 56.5 cm³/mol. The molecule has 13 heavy (non-hydrogen) atoms. The molecule has 0 atom stereocenters. The molecule has 0 aliphatic rings. The monoisotopic (exact) mass is 179 g/mol. The Hall–Kier alpha value is -1.18. The molecule has 0 bridgehead atoms. The molecule has 1 aromatic rings. The summed E-state index contributed by atoms with van der Waals surface area (Å²) in [6, 6.07) is 2.09. The van der Waals surface area contributed by atoms with Crippen LogP contribution in [0.15, 0.2) is 6.07 Å². The number of phenolic OH excluding ortho intramolecular Hbond substituents is 1. The standard InChI is InChI=1S/C11H17NO/c1-5-12-10-8(3)6-7(2)9(4)11(10)13/h6,12-13H,5H2,1-4H3. The first-order valence-corrected chi connectivity index (χ1v) is 4.61. The summed E-state index contributed by atoms with van der Waals surface area (Å²) in [5.74, 6) is 0.388. The highest BCUT2D eigenvalue weighted by atomic mass is 16.3. The Morgan fingerprint density at radius 3 is 2.38 bits per heavy atom. The van der Waals surface area contributed by atoms with Gasteiger partial charge in [0.15, 0.2) is 0 Å². The van der Waals surface area contributed by atoms with Crippen LogP contribution in [0.2, 0.25) is 0 Å². The van der Waals surface area contributed by atoms with E-state index in [9.17, 15) is 5.11 Å². The molecular weight excluding hydrogens is 162 g/mol. The molecule has 1 rings (SSSR count). The van der Waals surface area contributed by atoms with Crippen LogP contribution in [0.3, 0.4) is 0 Å². The molecule has 1 aromatic carbocycles. The summed E-state index contributed by atoms with van der Waals surface area (Å²) >= 11 is 0. The number of rotatable bonds is 2. The van der Waals surface area contributed by atoms with Gasteiger partial charge in [0.2, 0.25) is 0 Å². The maximum Gasteiger partial charge on any atom is 0.142 e. The van der Waals surface area contributed by atoms with Crippen molar-refractivity contribution in [1.29, 1.82) is 0 Å².